The summed E-state index contributed by atoms with van der Waals surface area (Å²) in [6, 6.07) is 9.20. The summed E-state index contributed by atoms with van der Waals surface area (Å²) >= 11 is 11.8. The first-order valence-corrected chi connectivity index (χ1v) is 9.93. The molecule has 0 aliphatic heterocycles. The molecule has 0 bridgehead atoms. The van der Waals surface area contributed by atoms with Gasteiger partial charge < -0.3 is 10.1 Å². The second-order valence-electron chi connectivity index (χ2n) is 5.45. The molecule has 0 saturated heterocycles. The molecule has 1 amide bonds. The molecular weight excluding hydrogens is 433 g/mol. The number of non-ortho nitro benzene ring substituents is 1. The number of carbonyl (C=O) groups excluding carboxylic acids is 1. The van der Waals surface area contributed by atoms with E-state index in [9.17, 15) is 23.3 Å². The number of nitrogens with one attached hydrogen (secondary N) is 1. The molecule has 12 heteroatoms. The van der Waals surface area contributed by atoms with E-state index in [4.69, 9.17) is 27.9 Å². The predicted octanol–water partition coefficient (Wildman–Crippen LogP) is 3.31. The number of likely N-dealkylation sites (N-methyl/N-ethyl adjacent to an activating group) is 1. The lowest BCUT2D eigenvalue weighted by atomic mass is 10.3. The van der Waals surface area contributed by atoms with Gasteiger partial charge in [0.1, 0.15) is 10.6 Å². The van der Waals surface area contributed by atoms with Crippen molar-refractivity contribution in [2.24, 2.45) is 0 Å². The van der Waals surface area contributed by atoms with Gasteiger partial charge in [0.25, 0.3) is 5.69 Å². The van der Waals surface area contributed by atoms with Crippen molar-refractivity contribution in [2.45, 2.75) is 4.90 Å². The summed E-state index contributed by atoms with van der Waals surface area (Å²) < 4.78 is 31.1. The van der Waals surface area contributed by atoms with Crippen molar-refractivity contribution in [1.29, 1.82) is 0 Å². The Kier molecular flexibility index (Phi) is 7.19. The van der Waals surface area contributed by atoms with Crippen LogP contribution in [0.15, 0.2) is 47.4 Å². The Morgan fingerprint density at radius 1 is 1.21 bits per heavy atom. The maximum absolute atomic E-state index is 12.5. The molecule has 2 aromatic carbocycles. The van der Waals surface area contributed by atoms with Gasteiger partial charge in [0, 0.05) is 32.3 Å². The molecule has 0 fully saturated rings. The average Bonchev–Trinajstić information content (AvgIpc) is 2.64. The van der Waals surface area contributed by atoms with Gasteiger partial charge in [-0.3, -0.25) is 10.1 Å². The number of amides is 1. The number of nitrogens with zero attached hydrogens (tertiary/aromatic N) is 2. The Morgan fingerprint density at radius 2 is 1.86 bits per heavy atom. The van der Waals surface area contributed by atoms with Gasteiger partial charge in [-0.25, -0.2) is 13.2 Å². The highest BCUT2D eigenvalue weighted by Crippen LogP contribution is 2.30. The fourth-order valence-corrected chi connectivity index (χ4v) is 3.97. The van der Waals surface area contributed by atoms with Crippen LogP contribution >= 0.6 is 23.2 Å². The van der Waals surface area contributed by atoms with E-state index < -0.39 is 21.0 Å². The van der Waals surface area contributed by atoms with Gasteiger partial charge in [0.05, 0.1) is 15.0 Å². The zero-order chi connectivity index (χ0) is 20.9. The highest BCUT2D eigenvalue weighted by Gasteiger charge is 2.24. The number of rotatable bonds is 7. The molecule has 0 heterocycles. The minimum absolute atomic E-state index is 0.0419. The summed E-state index contributed by atoms with van der Waals surface area (Å²) in [6.07, 6.45) is -0.833. The number of carbonyl (C=O) groups is 1. The van der Waals surface area contributed by atoms with E-state index in [0.717, 1.165) is 4.31 Å². The van der Waals surface area contributed by atoms with Gasteiger partial charge in [-0.2, -0.15) is 4.31 Å². The second kappa shape index (κ2) is 9.20. The molecule has 0 radical (unpaired) electrons. The summed E-state index contributed by atoms with van der Waals surface area (Å²) in [7, 11) is -2.57. The monoisotopic (exact) mass is 447 g/mol. The summed E-state index contributed by atoms with van der Waals surface area (Å²) in [5, 5.41) is 13.0. The maximum atomic E-state index is 12.5. The van der Waals surface area contributed by atoms with E-state index in [1.54, 1.807) is 0 Å². The number of halogens is 2. The van der Waals surface area contributed by atoms with E-state index >= 15 is 0 Å². The summed E-state index contributed by atoms with van der Waals surface area (Å²) in [5.74, 6) is 0.106. The third kappa shape index (κ3) is 5.32. The van der Waals surface area contributed by atoms with E-state index in [1.165, 1.54) is 49.5 Å². The van der Waals surface area contributed by atoms with Crippen molar-refractivity contribution < 1.29 is 22.9 Å². The number of benzene rings is 2. The summed E-state index contributed by atoms with van der Waals surface area (Å²) in [4.78, 5) is 21.6. The minimum Gasteiger partial charge on any atom is -0.410 e. The molecule has 2 rings (SSSR count). The van der Waals surface area contributed by atoms with Crippen LogP contribution < -0.4 is 10.1 Å². The van der Waals surface area contributed by atoms with E-state index in [1.807, 2.05) is 0 Å². The smallest absolute Gasteiger partial charge is 0.410 e. The molecule has 0 aliphatic carbocycles. The molecule has 9 nitrogen and oxygen atoms in total. The van der Waals surface area contributed by atoms with Gasteiger partial charge >= 0.3 is 6.09 Å². The van der Waals surface area contributed by atoms with Gasteiger partial charge in [0.2, 0.25) is 10.0 Å². The first-order chi connectivity index (χ1) is 13.1. The number of ether oxygens (including phenoxy) is 1. The largest absolute Gasteiger partial charge is 0.412 e. The van der Waals surface area contributed by atoms with Crippen molar-refractivity contribution in [2.75, 3.05) is 20.1 Å². The number of nitro benzene ring substituents is 1. The first-order valence-electron chi connectivity index (χ1n) is 7.73. The molecular formula is C16H15Cl2N3O6S. The molecule has 0 atom stereocenters. The quantitative estimate of drug-likeness (QED) is 0.513. The Hall–Kier alpha value is -2.40. The number of nitro groups is 1. The molecule has 2 aromatic rings. The van der Waals surface area contributed by atoms with Crippen molar-refractivity contribution >= 4 is 45.0 Å². The van der Waals surface area contributed by atoms with E-state index in [-0.39, 0.29) is 39.5 Å². The zero-order valence-electron chi connectivity index (χ0n) is 14.5. The Balaban J connectivity index is 1.90. The zero-order valence-corrected chi connectivity index (χ0v) is 16.8. The lowest BCUT2D eigenvalue weighted by molar-refractivity contribution is -0.384. The van der Waals surface area contributed by atoms with Crippen molar-refractivity contribution in [3.63, 3.8) is 0 Å². The molecule has 0 spiro atoms. The topological polar surface area (TPSA) is 119 Å². The Bertz CT molecular complexity index is 982. The Morgan fingerprint density at radius 3 is 2.46 bits per heavy atom. The van der Waals surface area contributed by atoms with E-state index in [2.05, 4.69) is 5.32 Å². The fourth-order valence-electron chi connectivity index (χ4n) is 2.07. The van der Waals surface area contributed by atoms with Crippen LogP contribution in [0.3, 0.4) is 0 Å². The van der Waals surface area contributed by atoms with Crippen LogP contribution in [0.25, 0.3) is 0 Å². The van der Waals surface area contributed by atoms with Crippen molar-refractivity contribution in [3.8, 4) is 5.75 Å². The van der Waals surface area contributed by atoms with Gasteiger partial charge in [-0.05, 0) is 24.3 Å². The van der Waals surface area contributed by atoms with Gasteiger partial charge in [-0.1, -0.05) is 29.3 Å². The molecule has 1 N–H and O–H groups in total. The third-order valence-corrected chi connectivity index (χ3v) is 6.39. The highest BCUT2D eigenvalue weighted by molar-refractivity contribution is 7.89. The lowest BCUT2D eigenvalue weighted by Crippen LogP contribution is -2.37. The standard InChI is InChI=1S/C16H15Cl2N3O6S/c1-20(28(25,26)14-4-2-3-13(17)15(14)18)10-9-19-16(22)27-12-7-5-11(6-8-12)21(23)24/h2-8H,9-10H2,1H3,(H,19,22). The lowest BCUT2D eigenvalue weighted by Gasteiger charge is -2.18. The van der Waals surface area contributed by atoms with Crippen LogP contribution in [0.1, 0.15) is 0 Å². The van der Waals surface area contributed by atoms with Gasteiger partial charge in [0.15, 0.2) is 0 Å². The maximum Gasteiger partial charge on any atom is 0.412 e. The van der Waals surface area contributed by atoms with Crippen LogP contribution in [0.2, 0.25) is 10.0 Å². The normalized spacial score (nSPS) is 11.3. The molecule has 0 saturated carbocycles. The summed E-state index contributed by atoms with van der Waals surface area (Å²) in [5.41, 5.74) is -0.140. The molecule has 150 valence electrons. The second-order valence-corrected chi connectivity index (χ2v) is 8.24. The van der Waals surface area contributed by atoms with E-state index in [0.29, 0.717) is 0 Å². The van der Waals surface area contributed by atoms with Crippen LogP contribution in [0.4, 0.5) is 10.5 Å². The number of sulfonamides is 1. The van der Waals surface area contributed by atoms with Gasteiger partial charge in [-0.15, -0.1) is 0 Å². The first kappa shape index (κ1) is 21.9. The Labute approximate surface area is 171 Å². The van der Waals surface area contributed by atoms with Crippen LogP contribution in [0, 0.1) is 10.1 Å². The molecule has 0 aromatic heterocycles. The van der Waals surface area contributed by atoms with Crippen LogP contribution in [-0.4, -0.2) is 43.9 Å². The number of hydrogen-bond acceptors (Lipinski definition) is 6. The van der Waals surface area contributed by atoms with Crippen molar-refractivity contribution in [1.82, 2.24) is 9.62 Å². The summed E-state index contributed by atoms with van der Waals surface area (Å²) in [6.45, 7) is -0.0970. The molecule has 0 aliphatic rings. The van der Waals surface area contributed by atoms with Crippen LogP contribution in [0.5, 0.6) is 5.75 Å². The SMILES string of the molecule is CN(CCNC(=O)Oc1ccc([N+](=O)[O-])cc1)S(=O)(=O)c1cccc(Cl)c1Cl. The molecule has 0 unspecified atom stereocenters. The highest BCUT2D eigenvalue weighted by atomic mass is 35.5. The fraction of sp³-hybridized carbons (Fsp3) is 0.188. The average molecular weight is 448 g/mol. The minimum atomic E-state index is -3.90. The van der Waals surface area contributed by atoms with Crippen molar-refractivity contribution in [3.05, 3.63) is 62.6 Å². The predicted molar refractivity (Wildman–Crippen MR) is 103 cm³/mol. The third-order valence-electron chi connectivity index (χ3n) is 3.56. The number of hydrogen-bond donors (Lipinski definition) is 1. The van der Waals surface area contributed by atoms with Crippen LogP contribution in [-0.2, 0) is 10.0 Å². The molecule has 28 heavy (non-hydrogen) atoms.